The maximum absolute atomic E-state index is 12.7. The van der Waals surface area contributed by atoms with Gasteiger partial charge in [0.2, 0.25) is 0 Å². The van der Waals surface area contributed by atoms with Crippen LogP contribution in [-0.4, -0.2) is 49.0 Å². The topological polar surface area (TPSA) is 108 Å². The third-order valence-electron chi connectivity index (χ3n) is 4.78. The number of carbonyl (C=O) groups is 3. The van der Waals surface area contributed by atoms with Crippen molar-refractivity contribution in [2.24, 2.45) is 0 Å². The summed E-state index contributed by atoms with van der Waals surface area (Å²) in [7, 11) is 4.84. The van der Waals surface area contributed by atoms with Crippen molar-refractivity contribution < 1.29 is 24.3 Å². The number of carbonyl (C=O) groups excluding carboxylic acids is 3. The van der Waals surface area contributed by atoms with E-state index in [0.717, 1.165) is 5.56 Å². The zero-order chi connectivity index (χ0) is 23.3. The smallest absolute Gasteiger partial charge is 0.274 e. The van der Waals surface area contributed by atoms with Crippen molar-refractivity contribution in [3.63, 3.8) is 0 Å². The summed E-state index contributed by atoms with van der Waals surface area (Å²) in [6.07, 6.45) is 0. The van der Waals surface area contributed by atoms with Gasteiger partial charge >= 0.3 is 0 Å². The minimum absolute atomic E-state index is 0.219. The molecule has 0 aromatic heterocycles. The van der Waals surface area contributed by atoms with Crippen LogP contribution in [0.1, 0.15) is 31.1 Å². The summed E-state index contributed by atoms with van der Waals surface area (Å²) >= 11 is 0. The monoisotopic (exact) mass is 433 g/mol. The zero-order valence-corrected chi connectivity index (χ0v) is 17.9. The Kier molecular flexibility index (Phi) is 6.87. The Morgan fingerprint density at radius 1 is 0.781 bits per heavy atom. The Morgan fingerprint density at radius 3 is 1.94 bits per heavy atom. The highest BCUT2D eigenvalue weighted by Gasteiger charge is 2.14. The number of anilines is 1. The maximum atomic E-state index is 12.7. The normalized spacial score (nSPS) is 10.2. The first-order valence-electron chi connectivity index (χ1n) is 9.69. The van der Waals surface area contributed by atoms with Crippen LogP contribution in [0.3, 0.4) is 0 Å². The second-order valence-electron chi connectivity index (χ2n) is 7.20. The number of nitrogens with one attached hydrogen (secondary N) is 2. The van der Waals surface area contributed by atoms with Crippen LogP contribution in [0.5, 0.6) is 5.75 Å². The van der Waals surface area contributed by atoms with E-state index in [-0.39, 0.29) is 17.4 Å². The van der Waals surface area contributed by atoms with E-state index in [0.29, 0.717) is 28.1 Å². The molecule has 3 N–H and O–H groups in total. The van der Waals surface area contributed by atoms with Crippen molar-refractivity contribution in [2.45, 2.75) is 0 Å². The zero-order valence-electron chi connectivity index (χ0n) is 17.9. The molecule has 0 spiro atoms. The molecule has 3 aromatic carbocycles. The fraction of sp³-hybridized carbons (Fsp3) is 0.125. The van der Waals surface area contributed by atoms with E-state index in [2.05, 4.69) is 5.32 Å². The molecule has 0 aliphatic heterocycles. The number of hydroxylamine groups is 1. The molecule has 0 fully saturated rings. The van der Waals surface area contributed by atoms with Gasteiger partial charge in [-0.2, -0.15) is 0 Å². The van der Waals surface area contributed by atoms with Gasteiger partial charge in [0, 0.05) is 36.5 Å². The van der Waals surface area contributed by atoms with Gasteiger partial charge in [0.15, 0.2) is 0 Å². The van der Waals surface area contributed by atoms with E-state index in [1.165, 1.54) is 4.90 Å². The number of rotatable bonds is 6. The Morgan fingerprint density at radius 2 is 1.38 bits per heavy atom. The van der Waals surface area contributed by atoms with E-state index >= 15 is 0 Å². The molecule has 0 saturated carbocycles. The van der Waals surface area contributed by atoms with Crippen molar-refractivity contribution in [3.05, 3.63) is 83.4 Å². The molecule has 3 amide bonds. The van der Waals surface area contributed by atoms with Crippen LogP contribution in [-0.2, 0) is 0 Å². The molecule has 8 heteroatoms. The van der Waals surface area contributed by atoms with Crippen LogP contribution in [0.15, 0.2) is 66.7 Å². The molecule has 32 heavy (non-hydrogen) atoms. The van der Waals surface area contributed by atoms with E-state index in [1.807, 2.05) is 0 Å². The summed E-state index contributed by atoms with van der Waals surface area (Å²) in [6.45, 7) is 0. The predicted octanol–water partition coefficient (Wildman–Crippen LogP) is 3.44. The van der Waals surface area contributed by atoms with Crippen molar-refractivity contribution in [2.75, 3.05) is 26.5 Å². The van der Waals surface area contributed by atoms with Gasteiger partial charge in [-0.25, -0.2) is 5.48 Å². The van der Waals surface area contributed by atoms with Crippen LogP contribution in [0.2, 0.25) is 0 Å². The van der Waals surface area contributed by atoms with Crippen LogP contribution >= 0.6 is 0 Å². The number of nitrogens with zero attached hydrogens (tertiary/aromatic N) is 1. The van der Waals surface area contributed by atoms with Crippen LogP contribution in [0.25, 0.3) is 11.1 Å². The molecule has 0 saturated heterocycles. The lowest BCUT2D eigenvalue weighted by atomic mass is 10.00. The summed E-state index contributed by atoms with van der Waals surface area (Å²) in [5.41, 5.74) is 4.57. The van der Waals surface area contributed by atoms with Crippen molar-refractivity contribution in [1.29, 1.82) is 0 Å². The molecular formula is C24H23N3O5. The summed E-state index contributed by atoms with van der Waals surface area (Å²) < 4.78 is 5.11. The largest absolute Gasteiger partial charge is 0.497 e. The van der Waals surface area contributed by atoms with Crippen molar-refractivity contribution in [3.8, 4) is 16.9 Å². The van der Waals surface area contributed by atoms with E-state index in [1.54, 1.807) is 93.4 Å². The summed E-state index contributed by atoms with van der Waals surface area (Å²) in [4.78, 5) is 38.3. The minimum atomic E-state index is -0.625. The number of hydrogen-bond acceptors (Lipinski definition) is 5. The number of methoxy groups -OCH3 is 1. The standard InChI is InChI=1S/C24H23N3O5/c1-27(2)24(30)19-12-18(15-4-6-17(7-5-15)23(29)26-31)13-20(14-19)25-22(28)16-8-10-21(32-3)11-9-16/h4-14,31H,1-3H3,(H,25,28)(H,26,29). The molecule has 164 valence electrons. The second kappa shape index (κ2) is 9.76. The highest BCUT2D eigenvalue weighted by atomic mass is 16.5. The van der Waals surface area contributed by atoms with Gasteiger partial charge in [-0.1, -0.05) is 12.1 Å². The third kappa shape index (κ3) is 5.11. The van der Waals surface area contributed by atoms with Gasteiger partial charge < -0.3 is 15.0 Å². The average molecular weight is 433 g/mol. The lowest BCUT2D eigenvalue weighted by Crippen LogP contribution is -2.22. The Hall–Kier alpha value is -4.17. The van der Waals surface area contributed by atoms with Gasteiger partial charge in [0.05, 0.1) is 7.11 Å². The highest BCUT2D eigenvalue weighted by Crippen LogP contribution is 2.26. The van der Waals surface area contributed by atoms with Crippen LogP contribution < -0.4 is 15.5 Å². The number of benzene rings is 3. The van der Waals surface area contributed by atoms with E-state index in [4.69, 9.17) is 9.94 Å². The molecule has 0 radical (unpaired) electrons. The summed E-state index contributed by atoms with van der Waals surface area (Å²) in [5, 5.41) is 11.6. The fourth-order valence-electron chi connectivity index (χ4n) is 3.07. The molecule has 3 aromatic rings. The van der Waals surface area contributed by atoms with Gasteiger partial charge in [0.1, 0.15) is 5.75 Å². The second-order valence-corrected chi connectivity index (χ2v) is 7.20. The lowest BCUT2D eigenvalue weighted by molar-refractivity contribution is 0.0706. The summed E-state index contributed by atoms with van der Waals surface area (Å²) in [5.74, 6) is -0.535. The maximum Gasteiger partial charge on any atom is 0.274 e. The molecule has 0 bridgehead atoms. The first kappa shape index (κ1) is 22.5. The molecule has 0 unspecified atom stereocenters. The predicted molar refractivity (Wildman–Crippen MR) is 120 cm³/mol. The molecule has 0 aliphatic rings. The van der Waals surface area contributed by atoms with Crippen molar-refractivity contribution in [1.82, 2.24) is 10.4 Å². The quantitative estimate of drug-likeness (QED) is 0.408. The SMILES string of the molecule is COc1ccc(C(=O)Nc2cc(C(=O)N(C)C)cc(-c3ccc(C(=O)NO)cc3)c2)cc1. The number of amides is 3. The minimum Gasteiger partial charge on any atom is -0.497 e. The molecular weight excluding hydrogens is 410 g/mol. The first-order chi connectivity index (χ1) is 15.3. The van der Waals surface area contributed by atoms with Crippen LogP contribution in [0, 0.1) is 0 Å². The average Bonchev–Trinajstić information content (AvgIpc) is 2.82. The van der Waals surface area contributed by atoms with E-state index < -0.39 is 5.91 Å². The summed E-state index contributed by atoms with van der Waals surface area (Å²) in [6, 6.07) is 18.2. The van der Waals surface area contributed by atoms with Crippen LogP contribution in [0.4, 0.5) is 5.69 Å². The molecule has 0 atom stereocenters. The first-order valence-corrected chi connectivity index (χ1v) is 9.69. The molecule has 0 aliphatic carbocycles. The van der Waals surface area contributed by atoms with Crippen molar-refractivity contribution >= 4 is 23.4 Å². The Balaban J connectivity index is 1.96. The fourth-order valence-corrected chi connectivity index (χ4v) is 3.07. The van der Waals surface area contributed by atoms with E-state index in [9.17, 15) is 14.4 Å². The van der Waals surface area contributed by atoms with Gasteiger partial charge in [-0.05, 0) is 65.7 Å². The third-order valence-corrected chi connectivity index (χ3v) is 4.78. The lowest BCUT2D eigenvalue weighted by Gasteiger charge is -2.15. The molecule has 8 nitrogen and oxygen atoms in total. The van der Waals surface area contributed by atoms with Gasteiger partial charge in [-0.3, -0.25) is 19.6 Å². The van der Waals surface area contributed by atoms with Gasteiger partial charge in [0.25, 0.3) is 17.7 Å². The number of ether oxygens (including phenoxy) is 1. The highest BCUT2D eigenvalue weighted by molar-refractivity contribution is 6.06. The molecule has 0 heterocycles. The Bertz CT molecular complexity index is 1140. The number of hydrogen-bond donors (Lipinski definition) is 3. The molecule has 3 rings (SSSR count). The van der Waals surface area contributed by atoms with Gasteiger partial charge in [-0.15, -0.1) is 0 Å². The Labute approximate surface area is 185 Å².